The van der Waals surface area contributed by atoms with E-state index in [1.165, 1.54) is 11.3 Å². The lowest BCUT2D eigenvalue weighted by molar-refractivity contribution is 0.135. The largest absolute Gasteiger partial charge is 0.440 e. The summed E-state index contributed by atoms with van der Waals surface area (Å²) in [5.41, 5.74) is 3.33. The summed E-state index contributed by atoms with van der Waals surface area (Å²) in [5, 5.41) is 8.07. The molecule has 2 aromatic heterocycles. The first-order valence-corrected chi connectivity index (χ1v) is 7.09. The molecule has 2 aromatic rings. The Bertz CT molecular complexity index is 588. The smallest absolute Gasteiger partial charge is 0.247 e. The lowest BCUT2D eigenvalue weighted by Crippen LogP contribution is -2.25. The number of fused-ring (bicyclic) bond motifs is 1. The predicted molar refractivity (Wildman–Crippen MR) is 74.4 cm³/mol. The summed E-state index contributed by atoms with van der Waals surface area (Å²) in [7, 11) is 0. The summed E-state index contributed by atoms with van der Waals surface area (Å²) in [4.78, 5) is 4.30. The Morgan fingerprint density at radius 3 is 3.15 bits per heavy atom. The summed E-state index contributed by atoms with van der Waals surface area (Å²) in [6.45, 7) is 7.89. The molecule has 20 heavy (non-hydrogen) atoms. The number of nitrogens with zero attached hydrogens (tertiary/aromatic N) is 3. The van der Waals surface area contributed by atoms with Crippen LogP contribution in [-0.2, 0) is 24.2 Å². The van der Waals surface area contributed by atoms with Crippen molar-refractivity contribution in [2.45, 2.75) is 33.4 Å². The first-order chi connectivity index (χ1) is 9.79. The average molecular weight is 276 g/mol. The lowest BCUT2D eigenvalue weighted by atomic mass is 10.1. The zero-order valence-corrected chi connectivity index (χ0v) is 12.0. The molecule has 6 nitrogen and oxygen atoms in total. The summed E-state index contributed by atoms with van der Waals surface area (Å²) >= 11 is 0. The lowest BCUT2D eigenvalue weighted by Gasteiger charge is -2.15. The maximum atomic E-state index is 5.63. The molecule has 0 fully saturated rings. The van der Waals surface area contributed by atoms with E-state index >= 15 is 0 Å². The van der Waals surface area contributed by atoms with E-state index in [9.17, 15) is 0 Å². The van der Waals surface area contributed by atoms with Crippen LogP contribution in [0.4, 0.5) is 0 Å². The van der Waals surface area contributed by atoms with Crippen molar-refractivity contribution in [2.75, 3.05) is 19.8 Å². The minimum Gasteiger partial charge on any atom is -0.440 e. The standard InChI is InChI=1S/C14H20N4O2/c1-3-19-7-6-18-12-4-5-15-9-11(12)13(17-18)14-16-8-10(2)20-14/h8,15H,3-7,9H2,1-2H3. The fourth-order valence-corrected chi connectivity index (χ4v) is 2.54. The highest BCUT2D eigenvalue weighted by molar-refractivity contribution is 5.55. The minimum atomic E-state index is 0.609. The van der Waals surface area contributed by atoms with Gasteiger partial charge in [-0.15, -0.1) is 0 Å². The molecule has 0 saturated heterocycles. The summed E-state index contributed by atoms with van der Waals surface area (Å²) in [6.07, 6.45) is 2.71. The normalized spacial score (nSPS) is 14.5. The van der Waals surface area contributed by atoms with Gasteiger partial charge >= 0.3 is 0 Å². The number of hydrogen-bond donors (Lipinski definition) is 1. The van der Waals surface area contributed by atoms with Gasteiger partial charge in [0.05, 0.1) is 19.3 Å². The first-order valence-electron chi connectivity index (χ1n) is 7.09. The monoisotopic (exact) mass is 276 g/mol. The van der Waals surface area contributed by atoms with Crippen molar-refractivity contribution in [2.24, 2.45) is 0 Å². The molecule has 0 spiro atoms. The van der Waals surface area contributed by atoms with Crippen LogP contribution in [-0.4, -0.2) is 34.5 Å². The predicted octanol–water partition coefficient (Wildman–Crippen LogP) is 1.53. The Morgan fingerprint density at radius 2 is 2.40 bits per heavy atom. The van der Waals surface area contributed by atoms with Gasteiger partial charge in [0.25, 0.3) is 0 Å². The SMILES string of the molecule is CCOCCn1nc(-c2ncc(C)o2)c2c1CCNC2. The molecule has 0 atom stereocenters. The second-order valence-electron chi connectivity index (χ2n) is 4.90. The van der Waals surface area contributed by atoms with E-state index in [4.69, 9.17) is 9.15 Å². The van der Waals surface area contributed by atoms with Gasteiger partial charge in [-0.3, -0.25) is 4.68 Å². The van der Waals surface area contributed by atoms with Gasteiger partial charge in [0.1, 0.15) is 5.76 Å². The average Bonchev–Trinajstić information content (AvgIpc) is 3.04. The second kappa shape index (κ2) is 5.76. The molecule has 0 amide bonds. The summed E-state index contributed by atoms with van der Waals surface area (Å²) in [6, 6.07) is 0. The molecule has 0 aliphatic carbocycles. The van der Waals surface area contributed by atoms with E-state index in [1.54, 1.807) is 6.20 Å². The highest BCUT2D eigenvalue weighted by Gasteiger charge is 2.23. The zero-order valence-electron chi connectivity index (χ0n) is 12.0. The molecule has 0 unspecified atom stereocenters. The number of oxazole rings is 1. The molecule has 0 radical (unpaired) electrons. The van der Waals surface area contributed by atoms with Crippen LogP contribution in [0.2, 0.25) is 0 Å². The van der Waals surface area contributed by atoms with Crippen LogP contribution < -0.4 is 5.32 Å². The van der Waals surface area contributed by atoms with Crippen LogP contribution in [0, 0.1) is 6.92 Å². The fourth-order valence-electron chi connectivity index (χ4n) is 2.54. The molecule has 6 heteroatoms. The number of hydrogen-bond acceptors (Lipinski definition) is 5. The highest BCUT2D eigenvalue weighted by Crippen LogP contribution is 2.27. The van der Waals surface area contributed by atoms with Crippen molar-refractivity contribution < 1.29 is 9.15 Å². The number of aromatic nitrogens is 3. The van der Waals surface area contributed by atoms with Gasteiger partial charge < -0.3 is 14.5 Å². The molecule has 1 aliphatic heterocycles. The Hall–Kier alpha value is -1.66. The van der Waals surface area contributed by atoms with Gasteiger partial charge in [-0.1, -0.05) is 0 Å². The topological polar surface area (TPSA) is 65.1 Å². The van der Waals surface area contributed by atoms with Gasteiger partial charge in [-0.25, -0.2) is 4.98 Å². The van der Waals surface area contributed by atoms with E-state index in [-0.39, 0.29) is 0 Å². The van der Waals surface area contributed by atoms with Crippen LogP contribution in [0.5, 0.6) is 0 Å². The highest BCUT2D eigenvalue weighted by atomic mass is 16.5. The van der Waals surface area contributed by atoms with Gasteiger partial charge in [-0.2, -0.15) is 5.10 Å². The zero-order chi connectivity index (χ0) is 13.9. The Kier molecular flexibility index (Phi) is 3.84. The fraction of sp³-hybridized carbons (Fsp3) is 0.571. The van der Waals surface area contributed by atoms with Crippen molar-refractivity contribution in [1.29, 1.82) is 0 Å². The maximum absolute atomic E-state index is 5.63. The van der Waals surface area contributed by atoms with Crippen LogP contribution in [0.3, 0.4) is 0 Å². The van der Waals surface area contributed by atoms with E-state index < -0.39 is 0 Å². The summed E-state index contributed by atoms with van der Waals surface area (Å²) in [5.74, 6) is 1.42. The van der Waals surface area contributed by atoms with E-state index in [0.29, 0.717) is 12.5 Å². The molecule has 0 bridgehead atoms. The molecule has 0 aromatic carbocycles. The molecular formula is C14H20N4O2. The van der Waals surface area contributed by atoms with Crippen LogP contribution in [0.15, 0.2) is 10.6 Å². The molecule has 1 N–H and O–H groups in total. The van der Waals surface area contributed by atoms with E-state index in [1.807, 2.05) is 18.5 Å². The third-order valence-corrected chi connectivity index (χ3v) is 3.48. The minimum absolute atomic E-state index is 0.609. The first kappa shape index (κ1) is 13.3. The third kappa shape index (κ3) is 2.48. The van der Waals surface area contributed by atoms with E-state index in [0.717, 1.165) is 44.1 Å². The second-order valence-corrected chi connectivity index (χ2v) is 4.90. The van der Waals surface area contributed by atoms with Crippen molar-refractivity contribution >= 4 is 0 Å². The molecule has 3 heterocycles. The van der Waals surface area contributed by atoms with Crippen LogP contribution in [0.25, 0.3) is 11.6 Å². The summed E-state index contributed by atoms with van der Waals surface area (Å²) < 4.78 is 13.1. The third-order valence-electron chi connectivity index (χ3n) is 3.48. The molecule has 1 aliphatic rings. The number of rotatable bonds is 5. The van der Waals surface area contributed by atoms with Crippen molar-refractivity contribution in [3.05, 3.63) is 23.2 Å². The molecular weight excluding hydrogens is 256 g/mol. The number of aryl methyl sites for hydroxylation is 1. The molecule has 0 saturated carbocycles. The van der Waals surface area contributed by atoms with Gasteiger partial charge in [-0.05, 0) is 13.8 Å². The van der Waals surface area contributed by atoms with Crippen LogP contribution in [0.1, 0.15) is 23.9 Å². The Balaban J connectivity index is 1.93. The Labute approximate surface area is 118 Å². The van der Waals surface area contributed by atoms with Gasteiger partial charge in [0.15, 0.2) is 5.69 Å². The quantitative estimate of drug-likeness (QED) is 0.839. The Morgan fingerprint density at radius 1 is 1.50 bits per heavy atom. The molecule has 3 rings (SSSR count). The van der Waals surface area contributed by atoms with E-state index in [2.05, 4.69) is 15.4 Å². The van der Waals surface area contributed by atoms with Crippen LogP contribution >= 0.6 is 0 Å². The molecule has 108 valence electrons. The van der Waals surface area contributed by atoms with Crippen molar-refractivity contribution in [3.63, 3.8) is 0 Å². The van der Waals surface area contributed by atoms with Gasteiger partial charge in [0.2, 0.25) is 5.89 Å². The number of ether oxygens (including phenoxy) is 1. The number of nitrogens with one attached hydrogen (secondary N) is 1. The van der Waals surface area contributed by atoms with Gasteiger partial charge in [0, 0.05) is 37.4 Å². The van der Waals surface area contributed by atoms with Crippen molar-refractivity contribution in [1.82, 2.24) is 20.1 Å². The maximum Gasteiger partial charge on any atom is 0.247 e. The van der Waals surface area contributed by atoms with Crippen molar-refractivity contribution in [3.8, 4) is 11.6 Å².